The summed E-state index contributed by atoms with van der Waals surface area (Å²) in [7, 11) is 3.34. The van der Waals surface area contributed by atoms with Gasteiger partial charge in [0.2, 0.25) is 0 Å². The molecule has 0 unspecified atom stereocenters. The molecule has 1 aromatic heterocycles. The highest BCUT2D eigenvalue weighted by molar-refractivity contribution is 5.84. The average Bonchev–Trinajstić information content (AvgIpc) is 2.45. The highest BCUT2D eigenvalue weighted by Gasteiger charge is 2.09. The Morgan fingerprint density at radius 2 is 2.14 bits per heavy atom. The molecule has 1 aromatic carbocycles. The van der Waals surface area contributed by atoms with Gasteiger partial charge in [-0.05, 0) is 18.6 Å². The molecule has 4 heteroatoms. The van der Waals surface area contributed by atoms with Crippen molar-refractivity contribution in [2.75, 3.05) is 7.11 Å². The molecular weight excluding hydrogens is 180 g/mol. The van der Waals surface area contributed by atoms with E-state index in [0.717, 1.165) is 16.6 Å². The minimum Gasteiger partial charge on any atom is -0.494 e. The Morgan fingerprint density at radius 3 is 2.79 bits per heavy atom. The summed E-state index contributed by atoms with van der Waals surface area (Å²) in [5.41, 5.74) is 2.60. The van der Waals surface area contributed by atoms with Gasteiger partial charge >= 0.3 is 5.69 Å². The Bertz CT molecular complexity index is 537. The summed E-state index contributed by atoms with van der Waals surface area (Å²) >= 11 is 0. The molecular formula is C10H12N2O2. The third-order valence-electron chi connectivity index (χ3n) is 2.43. The van der Waals surface area contributed by atoms with Crippen LogP contribution in [-0.4, -0.2) is 16.7 Å². The average molecular weight is 192 g/mol. The maximum Gasteiger partial charge on any atom is 0.326 e. The molecule has 1 heterocycles. The number of fused-ring (bicyclic) bond motifs is 1. The molecule has 1 N–H and O–H groups in total. The molecule has 0 aliphatic carbocycles. The van der Waals surface area contributed by atoms with Crippen molar-refractivity contribution >= 4 is 11.0 Å². The van der Waals surface area contributed by atoms with Gasteiger partial charge in [-0.15, -0.1) is 0 Å². The van der Waals surface area contributed by atoms with Gasteiger partial charge in [0.15, 0.2) is 0 Å². The largest absolute Gasteiger partial charge is 0.494 e. The second-order valence-electron chi connectivity index (χ2n) is 3.30. The van der Waals surface area contributed by atoms with E-state index >= 15 is 0 Å². The van der Waals surface area contributed by atoms with Crippen LogP contribution in [0, 0.1) is 6.92 Å². The van der Waals surface area contributed by atoms with E-state index < -0.39 is 0 Å². The van der Waals surface area contributed by atoms with Crippen molar-refractivity contribution in [3.63, 3.8) is 0 Å². The SMILES string of the molecule is COc1ccc(C)c2c1[nH]c(=O)n2C. The number of aromatic nitrogens is 2. The van der Waals surface area contributed by atoms with Crippen molar-refractivity contribution < 1.29 is 4.74 Å². The summed E-state index contributed by atoms with van der Waals surface area (Å²) in [4.78, 5) is 14.2. The zero-order chi connectivity index (χ0) is 10.3. The fourth-order valence-corrected chi connectivity index (χ4v) is 1.69. The van der Waals surface area contributed by atoms with E-state index in [-0.39, 0.29) is 5.69 Å². The van der Waals surface area contributed by atoms with Crippen LogP contribution in [0.15, 0.2) is 16.9 Å². The second kappa shape index (κ2) is 2.90. The Labute approximate surface area is 81.1 Å². The van der Waals surface area contributed by atoms with Crippen molar-refractivity contribution in [1.82, 2.24) is 9.55 Å². The number of benzene rings is 1. The van der Waals surface area contributed by atoms with Crippen molar-refractivity contribution in [1.29, 1.82) is 0 Å². The van der Waals surface area contributed by atoms with Crippen molar-refractivity contribution in [3.05, 3.63) is 28.2 Å². The molecule has 0 bridgehead atoms. The molecule has 0 fully saturated rings. The number of hydrogen-bond donors (Lipinski definition) is 1. The van der Waals surface area contributed by atoms with Crippen LogP contribution in [0.3, 0.4) is 0 Å². The summed E-state index contributed by atoms with van der Waals surface area (Å²) in [5.74, 6) is 0.698. The first-order chi connectivity index (χ1) is 6.65. The molecule has 0 aliphatic heterocycles. The van der Waals surface area contributed by atoms with E-state index in [2.05, 4.69) is 4.98 Å². The molecule has 0 spiro atoms. The minimum atomic E-state index is -0.118. The van der Waals surface area contributed by atoms with Crippen LogP contribution in [0.1, 0.15) is 5.56 Å². The topological polar surface area (TPSA) is 47.0 Å². The maximum absolute atomic E-state index is 11.4. The van der Waals surface area contributed by atoms with Gasteiger partial charge in [0.05, 0.1) is 12.6 Å². The molecule has 0 saturated carbocycles. The van der Waals surface area contributed by atoms with Gasteiger partial charge < -0.3 is 9.72 Å². The molecule has 74 valence electrons. The van der Waals surface area contributed by atoms with E-state index in [4.69, 9.17) is 4.74 Å². The molecule has 14 heavy (non-hydrogen) atoms. The number of hydrogen-bond acceptors (Lipinski definition) is 2. The molecule has 0 saturated heterocycles. The van der Waals surface area contributed by atoms with Gasteiger partial charge in [-0.1, -0.05) is 6.07 Å². The van der Waals surface area contributed by atoms with Gasteiger partial charge in [0.1, 0.15) is 11.3 Å². The highest BCUT2D eigenvalue weighted by Crippen LogP contribution is 2.24. The van der Waals surface area contributed by atoms with Gasteiger partial charge in [0, 0.05) is 7.05 Å². The predicted octanol–water partition coefficient (Wildman–Crippen LogP) is 1.18. The van der Waals surface area contributed by atoms with Crippen LogP contribution in [0.5, 0.6) is 5.75 Å². The minimum absolute atomic E-state index is 0.118. The molecule has 0 amide bonds. The van der Waals surface area contributed by atoms with Crippen LogP contribution in [0.2, 0.25) is 0 Å². The second-order valence-corrected chi connectivity index (χ2v) is 3.30. The summed E-state index contributed by atoms with van der Waals surface area (Å²) in [6.07, 6.45) is 0. The fraction of sp³-hybridized carbons (Fsp3) is 0.300. The van der Waals surface area contributed by atoms with Crippen LogP contribution in [0.4, 0.5) is 0 Å². The number of ether oxygens (including phenoxy) is 1. The van der Waals surface area contributed by atoms with E-state index in [9.17, 15) is 4.79 Å². The first-order valence-corrected chi connectivity index (χ1v) is 4.37. The number of nitrogens with zero attached hydrogens (tertiary/aromatic N) is 1. The Balaban J connectivity index is 2.99. The Morgan fingerprint density at radius 1 is 1.43 bits per heavy atom. The van der Waals surface area contributed by atoms with E-state index in [1.165, 1.54) is 0 Å². The lowest BCUT2D eigenvalue weighted by atomic mass is 10.2. The third kappa shape index (κ3) is 1.04. The Hall–Kier alpha value is -1.71. The summed E-state index contributed by atoms with van der Waals surface area (Å²) in [6, 6.07) is 3.79. The summed E-state index contributed by atoms with van der Waals surface area (Å²) in [6.45, 7) is 1.97. The number of rotatable bonds is 1. The molecule has 0 aliphatic rings. The van der Waals surface area contributed by atoms with Gasteiger partial charge in [-0.3, -0.25) is 4.57 Å². The molecule has 2 rings (SSSR count). The lowest BCUT2D eigenvalue weighted by Gasteiger charge is -2.03. The number of imidazole rings is 1. The van der Waals surface area contributed by atoms with Crippen molar-refractivity contribution in [2.45, 2.75) is 6.92 Å². The number of methoxy groups -OCH3 is 1. The van der Waals surface area contributed by atoms with E-state index in [0.29, 0.717) is 5.75 Å². The lowest BCUT2D eigenvalue weighted by Crippen LogP contribution is -2.12. The third-order valence-corrected chi connectivity index (χ3v) is 2.43. The number of H-pyrrole nitrogens is 1. The highest BCUT2D eigenvalue weighted by atomic mass is 16.5. The molecule has 2 aromatic rings. The smallest absolute Gasteiger partial charge is 0.326 e. The fourth-order valence-electron chi connectivity index (χ4n) is 1.69. The quantitative estimate of drug-likeness (QED) is 0.737. The monoisotopic (exact) mass is 192 g/mol. The summed E-state index contributed by atoms with van der Waals surface area (Å²) < 4.78 is 6.76. The number of aromatic amines is 1. The van der Waals surface area contributed by atoms with Gasteiger partial charge in [-0.2, -0.15) is 0 Å². The molecule has 0 atom stereocenters. The standard InChI is InChI=1S/C10H12N2O2/c1-6-4-5-7(14-3)8-9(6)12(2)10(13)11-8/h4-5H,1-3H3,(H,11,13). The molecule has 4 nitrogen and oxygen atoms in total. The first kappa shape index (κ1) is 8.87. The number of nitrogens with one attached hydrogen (secondary N) is 1. The zero-order valence-electron chi connectivity index (χ0n) is 8.42. The Kier molecular flexibility index (Phi) is 1.84. The zero-order valence-corrected chi connectivity index (χ0v) is 8.42. The first-order valence-electron chi connectivity index (χ1n) is 4.37. The van der Waals surface area contributed by atoms with Crippen molar-refractivity contribution in [2.24, 2.45) is 7.05 Å². The van der Waals surface area contributed by atoms with E-state index in [1.54, 1.807) is 18.7 Å². The maximum atomic E-state index is 11.4. The van der Waals surface area contributed by atoms with Crippen molar-refractivity contribution in [3.8, 4) is 5.75 Å². The van der Waals surface area contributed by atoms with Gasteiger partial charge in [0.25, 0.3) is 0 Å². The molecule has 0 radical (unpaired) electrons. The lowest BCUT2D eigenvalue weighted by molar-refractivity contribution is 0.419. The predicted molar refractivity (Wildman–Crippen MR) is 54.8 cm³/mol. The number of aryl methyl sites for hydroxylation is 2. The van der Waals surface area contributed by atoms with Crippen LogP contribution in [-0.2, 0) is 7.05 Å². The normalized spacial score (nSPS) is 10.8. The van der Waals surface area contributed by atoms with E-state index in [1.807, 2.05) is 19.1 Å². The van der Waals surface area contributed by atoms with Crippen LogP contribution < -0.4 is 10.4 Å². The summed E-state index contributed by atoms with van der Waals surface area (Å²) in [5, 5.41) is 0. The van der Waals surface area contributed by atoms with Crippen LogP contribution in [0.25, 0.3) is 11.0 Å². The van der Waals surface area contributed by atoms with Crippen LogP contribution >= 0.6 is 0 Å². The van der Waals surface area contributed by atoms with Gasteiger partial charge in [-0.25, -0.2) is 4.79 Å².